The van der Waals surface area contributed by atoms with Crippen LogP contribution in [0.3, 0.4) is 0 Å². The highest BCUT2D eigenvalue weighted by molar-refractivity contribution is 7.56. The van der Waals surface area contributed by atoms with E-state index in [1.807, 2.05) is 0 Å². The largest absolute Gasteiger partial charge is 0.385 e. The number of allylic oxidation sites excluding steroid dienone is 1. The van der Waals surface area contributed by atoms with Crippen molar-refractivity contribution in [3.63, 3.8) is 0 Å². The van der Waals surface area contributed by atoms with E-state index in [0.717, 1.165) is 36.1 Å². The minimum atomic E-state index is -4.96. The Labute approximate surface area is 235 Å². The van der Waals surface area contributed by atoms with Gasteiger partial charge in [0.05, 0.1) is 5.31 Å². The van der Waals surface area contributed by atoms with Crippen LogP contribution in [0.2, 0.25) is 0 Å². The van der Waals surface area contributed by atoms with E-state index >= 15 is 0 Å². The Morgan fingerprint density at radius 1 is 1.00 bits per heavy atom. The van der Waals surface area contributed by atoms with Gasteiger partial charge in [-0.3, -0.25) is 18.9 Å². The van der Waals surface area contributed by atoms with Crippen LogP contribution in [0.4, 0.5) is 0 Å². The molecule has 1 aliphatic carbocycles. The first-order valence-electron chi connectivity index (χ1n) is 14.6. The summed E-state index contributed by atoms with van der Waals surface area (Å²) in [5.74, 6) is 0. The topological polar surface area (TPSA) is 182 Å². The number of aromatic nitrogens is 2. The molecule has 1 saturated heterocycles. The number of hydrogen-bond donors (Lipinski definition) is 6. The van der Waals surface area contributed by atoms with Gasteiger partial charge in [0.25, 0.3) is 5.56 Å². The Morgan fingerprint density at radius 2 is 1.52 bits per heavy atom. The number of aliphatic hydroxyl groups excluding tert-OH is 1. The maximum absolute atomic E-state index is 12.4. The van der Waals surface area contributed by atoms with Crippen LogP contribution in [0.25, 0.3) is 0 Å². The minimum absolute atomic E-state index is 0.316. The zero-order valence-electron chi connectivity index (χ0n) is 23.9. The molecule has 0 aromatic carbocycles. The molecule has 1 unspecified atom stereocenters. The number of fused-ring (bicyclic) bond motifs is 1. The van der Waals surface area contributed by atoms with Crippen molar-refractivity contribution in [1.82, 2.24) is 9.55 Å². The summed E-state index contributed by atoms with van der Waals surface area (Å²) in [7, 11) is -4.96. The summed E-state index contributed by atoms with van der Waals surface area (Å²) in [6.45, 7) is 5.22. The normalized spacial score (nSPS) is 28.4. The van der Waals surface area contributed by atoms with Gasteiger partial charge in [-0.05, 0) is 12.8 Å². The molecule has 12 heteroatoms. The van der Waals surface area contributed by atoms with Crippen LogP contribution in [-0.2, 0) is 9.30 Å². The summed E-state index contributed by atoms with van der Waals surface area (Å²) in [6, 6.07) is 1.04. The van der Waals surface area contributed by atoms with Gasteiger partial charge in [0.1, 0.15) is 23.4 Å². The summed E-state index contributed by atoms with van der Waals surface area (Å²) in [5, 5.41) is 33.4. The van der Waals surface area contributed by atoms with Crippen LogP contribution in [0.5, 0.6) is 0 Å². The lowest BCUT2D eigenvalue weighted by atomic mass is 9.97. The second kappa shape index (κ2) is 13.2. The third kappa shape index (κ3) is 6.26. The Bertz CT molecular complexity index is 1190. The SMILES string of the molecule is CCCCCCCCCCCCCC/C=C(/C(O)[C@H]1O[C@@H](n2ccc(=O)[nH]c2=O)[C@]2(O)C(C)(C)[C@]12O)P(=O)(O)O. The average Bonchev–Trinajstić information content (AvgIpc) is 3.08. The molecule has 0 spiro atoms. The lowest BCUT2D eigenvalue weighted by Gasteiger charge is -2.31. The van der Waals surface area contributed by atoms with Crippen LogP contribution in [0, 0.1) is 5.41 Å². The van der Waals surface area contributed by atoms with Crippen molar-refractivity contribution < 1.29 is 34.4 Å². The van der Waals surface area contributed by atoms with E-state index in [4.69, 9.17) is 4.74 Å². The first kappa shape index (κ1) is 32.9. The molecule has 0 amide bonds. The molecule has 2 fully saturated rings. The van der Waals surface area contributed by atoms with Gasteiger partial charge in [-0.15, -0.1) is 0 Å². The van der Waals surface area contributed by atoms with Gasteiger partial charge in [-0.2, -0.15) is 0 Å². The van der Waals surface area contributed by atoms with Gasteiger partial charge in [0, 0.05) is 17.7 Å². The maximum Gasteiger partial charge on any atom is 0.354 e. The first-order valence-corrected chi connectivity index (χ1v) is 16.2. The number of aromatic amines is 1. The quantitative estimate of drug-likeness (QED) is 0.118. The molecule has 0 radical (unpaired) electrons. The lowest BCUT2D eigenvalue weighted by molar-refractivity contribution is -0.140. The highest BCUT2D eigenvalue weighted by Crippen LogP contribution is 2.76. The zero-order valence-corrected chi connectivity index (χ0v) is 24.8. The second-order valence-corrected chi connectivity index (χ2v) is 13.5. The number of rotatable bonds is 17. The van der Waals surface area contributed by atoms with Crippen LogP contribution in [-0.4, -0.2) is 58.1 Å². The van der Waals surface area contributed by atoms with Crippen molar-refractivity contribution in [3.8, 4) is 0 Å². The van der Waals surface area contributed by atoms with Crippen molar-refractivity contribution in [2.24, 2.45) is 5.41 Å². The molecule has 40 heavy (non-hydrogen) atoms. The molecule has 228 valence electrons. The van der Waals surface area contributed by atoms with E-state index in [1.54, 1.807) is 0 Å². The average molecular weight is 587 g/mol. The van der Waals surface area contributed by atoms with Gasteiger partial charge >= 0.3 is 13.3 Å². The molecule has 2 aliphatic rings. The Balaban J connectivity index is 1.60. The number of ether oxygens (including phenoxy) is 1. The highest BCUT2D eigenvalue weighted by atomic mass is 31.2. The minimum Gasteiger partial charge on any atom is -0.385 e. The first-order chi connectivity index (χ1) is 18.7. The fraction of sp³-hybridized carbons (Fsp3) is 0.786. The number of unbranched alkanes of at least 4 members (excludes halogenated alkanes) is 12. The van der Waals surface area contributed by atoms with Crippen LogP contribution in [0.15, 0.2) is 33.2 Å². The van der Waals surface area contributed by atoms with E-state index in [2.05, 4.69) is 11.9 Å². The van der Waals surface area contributed by atoms with Crippen molar-refractivity contribution in [2.45, 2.75) is 134 Å². The molecular formula is C28H47N2O9P. The summed E-state index contributed by atoms with van der Waals surface area (Å²) >= 11 is 0. The number of aliphatic hydroxyl groups is 3. The molecule has 11 nitrogen and oxygen atoms in total. The fourth-order valence-electron chi connectivity index (χ4n) is 6.29. The molecule has 0 bridgehead atoms. The molecule has 1 aliphatic heterocycles. The smallest absolute Gasteiger partial charge is 0.354 e. The third-order valence-electron chi connectivity index (χ3n) is 8.91. The molecule has 5 atom stereocenters. The molecule has 1 aromatic heterocycles. The predicted octanol–water partition coefficient (Wildman–Crippen LogP) is 3.45. The second-order valence-electron chi connectivity index (χ2n) is 11.9. The number of H-pyrrole nitrogens is 1. The summed E-state index contributed by atoms with van der Waals surface area (Å²) in [6.07, 6.45) is 11.4. The Kier molecular flexibility index (Phi) is 10.8. The highest BCUT2D eigenvalue weighted by Gasteiger charge is 2.93. The Hall–Kier alpha value is -1.59. The standard InChI is InChI=1S/C28H47N2O9P/c1-4-5-6-7-8-9-10-11-12-13-14-15-16-17-20(40(36,37)38)22(32)23-27(34)26(2,3)28(27,35)24(39-23)30-19-18-21(31)29-25(30)33/h17-19,22-24,32,34-35H,4-16H2,1-3H3,(H,29,31,33)(H2,36,37,38)/b20-17-/t22?,23-,24-,27-,28+/m1/s1. The van der Waals surface area contributed by atoms with E-state index < -0.39 is 59.2 Å². The van der Waals surface area contributed by atoms with Gasteiger partial charge in [0.2, 0.25) is 0 Å². The molecule has 6 N–H and O–H groups in total. The van der Waals surface area contributed by atoms with Crippen molar-refractivity contribution >= 4 is 7.60 Å². The molecule has 2 heterocycles. The van der Waals surface area contributed by atoms with E-state index in [1.165, 1.54) is 71.3 Å². The van der Waals surface area contributed by atoms with Crippen molar-refractivity contribution in [1.29, 1.82) is 0 Å². The summed E-state index contributed by atoms with van der Waals surface area (Å²) in [4.78, 5) is 46.0. The van der Waals surface area contributed by atoms with Crippen molar-refractivity contribution in [2.75, 3.05) is 0 Å². The fourth-order valence-corrected chi connectivity index (χ4v) is 7.13. The molecule has 3 rings (SSSR count). The van der Waals surface area contributed by atoms with Crippen LogP contribution in [0.1, 0.15) is 110 Å². The van der Waals surface area contributed by atoms with Crippen molar-refractivity contribution in [3.05, 3.63) is 44.5 Å². The monoisotopic (exact) mass is 586 g/mol. The third-order valence-corrected chi connectivity index (χ3v) is 10.0. The summed E-state index contributed by atoms with van der Waals surface area (Å²) in [5.41, 5.74) is -7.06. The maximum atomic E-state index is 12.4. The van der Waals surface area contributed by atoms with Crippen LogP contribution >= 0.6 is 7.60 Å². The van der Waals surface area contributed by atoms with E-state index in [9.17, 15) is 39.3 Å². The number of nitrogens with one attached hydrogen (secondary N) is 1. The predicted molar refractivity (Wildman–Crippen MR) is 151 cm³/mol. The van der Waals surface area contributed by atoms with Gasteiger partial charge in [0.15, 0.2) is 6.23 Å². The van der Waals surface area contributed by atoms with Gasteiger partial charge < -0.3 is 29.8 Å². The molecule has 1 aromatic rings. The van der Waals surface area contributed by atoms with E-state index in [-0.39, 0.29) is 0 Å². The Morgan fingerprint density at radius 3 is 2.02 bits per heavy atom. The number of hydrogen-bond acceptors (Lipinski definition) is 7. The molecular weight excluding hydrogens is 539 g/mol. The molecule has 1 saturated carbocycles. The number of nitrogens with zero attached hydrogens (tertiary/aromatic N) is 1. The van der Waals surface area contributed by atoms with Gasteiger partial charge in [-0.25, -0.2) is 4.79 Å². The summed E-state index contributed by atoms with van der Waals surface area (Å²) < 4.78 is 19.0. The van der Waals surface area contributed by atoms with E-state index in [0.29, 0.717) is 12.8 Å². The lowest BCUT2D eigenvalue weighted by Crippen LogP contribution is -2.44. The van der Waals surface area contributed by atoms with Crippen LogP contribution < -0.4 is 11.2 Å². The van der Waals surface area contributed by atoms with Gasteiger partial charge in [-0.1, -0.05) is 97.5 Å². The zero-order chi connectivity index (χ0) is 29.8.